The monoisotopic (exact) mass is 704 g/mol. The van der Waals surface area contributed by atoms with Crippen molar-refractivity contribution in [1.82, 2.24) is 0 Å². The fourth-order valence-electron chi connectivity index (χ4n) is 18.9. The smallest absolute Gasteiger partial charge is 0.0101 e. The lowest BCUT2D eigenvalue weighted by atomic mass is 9.50. The van der Waals surface area contributed by atoms with Gasteiger partial charge in [0.1, 0.15) is 0 Å². The number of nitrogens with two attached hydrogens (primary N) is 1. The highest BCUT2D eigenvalue weighted by Crippen LogP contribution is 2.77. The van der Waals surface area contributed by atoms with E-state index in [2.05, 4.69) is 125 Å². The summed E-state index contributed by atoms with van der Waals surface area (Å²) in [7, 11) is 0. The van der Waals surface area contributed by atoms with Gasteiger partial charge >= 0.3 is 0 Å². The number of fused-ring (bicyclic) bond motifs is 9. The zero-order chi connectivity index (χ0) is 37.6. The highest BCUT2D eigenvalue weighted by atomic mass is 14.8. The molecule has 0 aromatic heterocycles. The van der Waals surface area contributed by atoms with Gasteiger partial charge in [-0.3, -0.25) is 0 Å². The van der Waals surface area contributed by atoms with Crippen LogP contribution in [0.25, 0.3) is 0 Å². The van der Waals surface area contributed by atoms with Crippen molar-refractivity contribution in [2.75, 3.05) is 0 Å². The third-order valence-electron chi connectivity index (χ3n) is 22.9. The summed E-state index contributed by atoms with van der Waals surface area (Å²) in [6, 6.07) is 0.336. The Hall–Kier alpha value is -0.0400. The van der Waals surface area contributed by atoms with Crippen LogP contribution in [-0.2, 0) is 0 Å². The number of hydrogen-bond donors (Lipinski definition) is 1. The summed E-state index contributed by atoms with van der Waals surface area (Å²) in [5.41, 5.74) is 7.69. The zero-order valence-electron chi connectivity index (χ0n) is 37.2. The fourth-order valence-corrected chi connectivity index (χ4v) is 18.9. The second kappa shape index (κ2) is 13.6. The molecule has 0 saturated heterocycles. The van der Waals surface area contributed by atoms with Crippen LogP contribution >= 0.6 is 0 Å². The van der Waals surface area contributed by atoms with E-state index in [0.717, 1.165) is 160 Å². The minimum Gasteiger partial charge on any atom is -0.327 e. The third kappa shape index (κ3) is 5.25. The van der Waals surface area contributed by atoms with E-state index in [1.807, 2.05) is 0 Å². The quantitative estimate of drug-likeness (QED) is 0.303. The van der Waals surface area contributed by atoms with Gasteiger partial charge in [0.2, 0.25) is 0 Å². The Labute approximate surface area is 319 Å². The summed E-state index contributed by atoms with van der Waals surface area (Å²) in [4.78, 5) is 0. The molecule has 7 fully saturated rings. The molecule has 7 rings (SSSR count). The van der Waals surface area contributed by atoms with E-state index in [1.54, 1.807) is 0 Å². The van der Waals surface area contributed by atoms with Crippen LogP contribution in [0.3, 0.4) is 0 Å². The minimum atomic E-state index is 0.336. The van der Waals surface area contributed by atoms with Crippen molar-refractivity contribution < 1.29 is 0 Å². The van der Waals surface area contributed by atoms with Crippen LogP contribution in [0, 0.1) is 178 Å². The highest BCUT2D eigenvalue weighted by molar-refractivity contribution is 5.20. The van der Waals surface area contributed by atoms with Crippen molar-refractivity contribution in [2.24, 2.45) is 183 Å². The zero-order valence-corrected chi connectivity index (χ0v) is 37.2. The fraction of sp³-hybridized carbons (Fsp3) is 1.00. The van der Waals surface area contributed by atoms with E-state index < -0.39 is 0 Å². The van der Waals surface area contributed by atoms with Gasteiger partial charge in [0, 0.05) is 6.04 Å². The lowest BCUT2D eigenvalue weighted by molar-refractivity contribution is -0.0779. The van der Waals surface area contributed by atoms with Crippen LogP contribution in [0.5, 0.6) is 0 Å². The Morgan fingerprint density at radius 2 is 0.706 bits per heavy atom. The second-order valence-corrected chi connectivity index (χ2v) is 23.2. The maximum Gasteiger partial charge on any atom is 0.0101 e. The molecule has 0 bridgehead atoms. The number of hydrogen-bond acceptors (Lipinski definition) is 1. The van der Waals surface area contributed by atoms with Gasteiger partial charge in [-0.15, -0.1) is 0 Å². The molecule has 0 amide bonds. The molecule has 7 saturated carbocycles. The molecule has 0 radical (unpaired) electrons. The molecule has 0 aromatic rings. The summed E-state index contributed by atoms with van der Waals surface area (Å²) < 4.78 is 0. The predicted octanol–water partition coefficient (Wildman–Crippen LogP) is 12.6. The van der Waals surface area contributed by atoms with Crippen molar-refractivity contribution in [3.63, 3.8) is 0 Å². The van der Waals surface area contributed by atoms with Gasteiger partial charge < -0.3 is 5.73 Å². The SMILES string of the molecule is CCC(C)C(C)[C@H]1C(C)C2C3C4C(C)C(C)C(C)C(C)C(N)C5C(C(C)C(C)C(C)C4C(C)C3C2C1C(C)C1C(C)C1C)C(C)[C@@H]1C(C)C(C)C51. The molecular weight excluding hydrogens is 615 g/mol. The maximum atomic E-state index is 7.69. The first-order valence-corrected chi connectivity index (χ1v) is 23.6. The van der Waals surface area contributed by atoms with Crippen molar-refractivity contribution >= 4 is 0 Å². The normalized spacial score (nSPS) is 63.8. The summed E-state index contributed by atoms with van der Waals surface area (Å²) in [6.07, 6.45) is 1.34. The van der Waals surface area contributed by atoms with Gasteiger partial charge in [0.25, 0.3) is 0 Å². The Balaban J connectivity index is 1.28. The Kier molecular flexibility index (Phi) is 10.4. The molecule has 0 aliphatic heterocycles. The van der Waals surface area contributed by atoms with Crippen LogP contribution in [-0.4, -0.2) is 6.04 Å². The van der Waals surface area contributed by atoms with E-state index >= 15 is 0 Å². The van der Waals surface area contributed by atoms with Crippen molar-refractivity contribution in [2.45, 2.75) is 137 Å². The Morgan fingerprint density at radius 3 is 1.24 bits per heavy atom. The van der Waals surface area contributed by atoms with E-state index in [-0.39, 0.29) is 0 Å². The lowest BCUT2D eigenvalue weighted by Gasteiger charge is -2.55. The molecule has 7 aliphatic carbocycles. The molecule has 0 heterocycles. The minimum absolute atomic E-state index is 0.336. The van der Waals surface area contributed by atoms with Gasteiger partial charge in [-0.1, -0.05) is 131 Å². The largest absolute Gasteiger partial charge is 0.327 e. The van der Waals surface area contributed by atoms with E-state index in [9.17, 15) is 0 Å². The third-order valence-corrected chi connectivity index (χ3v) is 22.9. The van der Waals surface area contributed by atoms with E-state index in [4.69, 9.17) is 5.73 Å². The first kappa shape index (κ1) is 39.2. The molecule has 0 aromatic carbocycles. The van der Waals surface area contributed by atoms with Gasteiger partial charge in [0.05, 0.1) is 0 Å². The van der Waals surface area contributed by atoms with Gasteiger partial charge in [-0.2, -0.15) is 0 Å². The summed E-state index contributed by atoms with van der Waals surface area (Å²) >= 11 is 0. The van der Waals surface area contributed by atoms with Crippen LogP contribution in [0.2, 0.25) is 0 Å². The van der Waals surface area contributed by atoms with Crippen molar-refractivity contribution in [3.8, 4) is 0 Å². The molecule has 51 heavy (non-hydrogen) atoms. The molecular formula is C50H89N. The molecule has 294 valence electrons. The van der Waals surface area contributed by atoms with Crippen LogP contribution in [0.1, 0.15) is 131 Å². The van der Waals surface area contributed by atoms with Crippen LogP contribution < -0.4 is 5.73 Å². The molecule has 30 atom stereocenters. The maximum absolute atomic E-state index is 7.69. The summed E-state index contributed by atoms with van der Waals surface area (Å²) in [6.45, 7) is 48.1. The first-order chi connectivity index (χ1) is 23.8. The van der Waals surface area contributed by atoms with Crippen molar-refractivity contribution in [3.05, 3.63) is 0 Å². The summed E-state index contributed by atoms with van der Waals surface area (Å²) in [5, 5.41) is 0. The molecule has 28 unspecified atom stereocenters. The second-order valence-electron chi connectivity index (χ2n) is 23.2. The van der Waals surface area contributed by atoms with E-state index in [0.29, 0.717) is 23.8 Å². The molecule has 0 spiro atoms. The molecule has 2 N–H and O–H groups in total. The Morgan fingerprint density at radius 1 is 0.333 bits per heavy atom. The average molecular weight is 704 g/mol. The van der Waals surface area contributed by atoms with E-state index in [1.165, 1.54) is 6.42 Å². The van der Waals surface area contributed by atoms with Gasteiger partial charge in [-0.05, 0) is 178 Å². The first-order valence-electron chi connectivity index (χ1n) is 23.6. The standard InChI is InChI=1S/C50H89N/c1-19-20(2)21(3)38-35(17)45-47-42-27(9)22(4)23(5)32(14)50(51)49-41(34(16)40-30(12)31(13)43(40)49)26(8)24(6)25(7)39(42)36(18)46(47)48(45)44(38)33(15)37-28(10)29(37)11/h20-50H,19,51H2,1-18H3/t20?,21?,22?,23?,24?,25?,26?,27?,28?,29?,30?,31?,32?,33?,34?,35?,36?,37?,38-,39?,40-,41?,42?,43?,44?,45?,46?,47?,48?,49?,50?/m0/s1. The van der Waals surface area contributed by atoms with Crippen molar-refractivity contribution in [1.29, 1.82) is 0 Å². The molecule has 7 aliphatic rings. The number of rotatable bonds is 5. The predicted molar refractivity (Wildman–Crippen MR) is 219 cm³/mol. The van der Waals surface area contributed by atoms with Crippen LogP contribution in [0.15, 0.2) is 0 Å². The van der Waals surface area contributed by atoms with Gasteiger partial charge in [0.15, 0.2) is 0 Å². The molecule has 1 heteroatoms. The van der Waals surface area contributed by atoms with Gasteiger partial charge in [-0.25, -0.2) is 0 Å². The lowest BCUT2D eigenvalue weighted by Crippen LogP contribution is -2.53. The topological polar surface area (TPSA) is 26.0 Å². The highest BCUT2D eigenvalue weighted by Gasteiger charge is 2.73. The Bertz CT molecular complexity index is 1230. The molecule has 1 nitrogen and oxygen atoms in total. The average Bonchev–Trinajstić information content (AvgIpc) is 3.35. The van der Waals surface area contributed by atoms with Crippen LogP contribution in [0.4, 0.5) is 0 Å². The summed E-state index contributed by atoms with van der Waals surface area (Å²) in [5.74, 6) is 25.4.